The largest absolute Gasteiger partial charge is 0.460 e. The second-order valence-electron chi connectivity index (χ2n) is 4.99. The Morgan fingerprint density at radius 2 is 0.724 bits per heavy atom. The number of nitrogens with one attached hydrogen (secondary N) is 1. The highest BCUT2D eigenvalue weighted by Gasteiger charge is 2.95. The van der Waals surface area contributed by atoms with Gasteiger partial charge in [0.15, 0.2) is 0 Å². The molecule has 0 aromatic carbocycles. The third kappa shape index (κ3) is 3.22. The van der Waals surface area contributed by atoms with Gasteiger partial charge in [-0.3, -0.25) is 10.2 Å². The zero-order valence-electron chi connectivity index (χ0n) is 12.4. The van der Waals surface area contributed by atoms with Crippen LogP contribution in [0.1, 0.15) is 0 Å². The van der Waals surface area contributed by atoms with Crippen LogP contribution in [0.5, 0.6) is 0 Å². The van der Waals surface area contributed by atoms with Crippen LogP contribution in [0.3, 0.4) is 0 Å². The lowest BCUT2D eigenvalue weighted by Crippen LogP contribution is -2.75. The van der Waals surface area contributed by atoms with Crippen LogP contribution in [0.25, 0.3) is 0 Å². The van der Waals surface area contributed by atoms with E-state index in [1.807, 2.05) is 0 Å². The highest BCUT2D eigenvalue weighted by atomic mass is 19.4. The Balaban J connectivity index is 6.77. The quantitative estimate of drug-likeness (QED) is 0.252. The van der Waals surface area contributed by atoms with Crippen molar-refractivity contribution in [1.82, 2.24) is 5.43 Å². The number of hydrogen-bond acceptors (Lipinski definition) is 2. The third-order valence-electron chi connectivity index (χ3n) is 3.14. The molecule has 1 amide bonds. The first-order valence-electron chi connectivity index (χ1n) is 5.96. The van der Waals surface area contributed by atoms with E-state index < -0.39 is 53.5 Å². The molecule has 0 aliphatic carbocycles. The predicted octanol–water partition coefficient (Wildman–Crippen LogP) is 3.99. The number of nitrogens with two attached hydrogens (primary N) is 1. The number of halogens is 17. The predicted molar refractivity (Wildman–Crippen MR) is 53.0 cm³/mol. The SMILES string of the molecule is NNC(=O)C(F)(F)C(F)(F)C(F)(F)C(F)(F)C(F)(F)C(F)(F)C(F)(F)C(F)(F)F. The minimum Gasteiger partial charge on any atom is -0.289 e. The fourth-order valence-corrected chi connectivity index (χ4v) is 1.40. The molecule has 0 saturated carbocycles. The van der Waals surface area contributed by atoms with Crippen LogP contribution in [-0.4, -0.2) is 53.5 Å². The van der Waals surface area contributed by atoms with Crippen molar-refractivity contribution in [3.63, 3.8) is 0 Å². The summed E-state index contributed by atoms with van der Waals surface area (Å²) in [6, 6.07) is 0. The zero-order valence-corrected chi connectivity index (χ0v) is 12.4. The lowest BCUT2D eigenvalue weighted by molar-refractivity contribution is -0.459. The molecule has 29 heavy (non-hydrogen) atoms. The van der Waals surface area contributed by atoms with Crippen molar-refractivity contribution in [3.8, 4) is 0 Å². The summed E-state index contributed by atoms with van der Waals surface area (Å²) in [6.45, 7) is 0. The van der Waals surface area contributed by atoms with Gasteiger partial charge in [0.1, 0.15) is 0 Å². The number of carbonyl (C=O) groups is 1. The molecule has 20 heteroatoms. The minimum absolute atomic E-state index is 0.00354. The Labute approximate surface area is 145 Å². The maximum atomic E-state index is 13.1. The number of hydrazine groups is 1. The van der Waals surface area contributed by atoms with E-state index in [4.69, 9.17) is 0 Å². The molecule has 0 atom stereocenters. The molecule has 0 aromatic rings. The van der Waals surface area contributed by atoms with Crippen molar-refractivity contribution < 1.29 is 79.4 Å². The molecule has 3 N–H and O–H groups in total. The molecular formula is C9H3F17N2O. The summed E-state index contributed by atoms with van der Waals surface area (Å²) < 4.78 is 217. The molecule has 0 aliphatic rings. The van der Waals surface area contributed by atoms with E-state index >= 15 is 0 Å². The van der Waals surface area contributed by atoms with E-state index in [1.165, 1.54) is 0 Å². The van der Waals surface area contributed by atoms with Gasteiger partial charge in [-0.2, -0.15) is 74.6 Å². The summed E-state index contributed by atoms with van der Waals surface area (Å²) in [7, 11) is 0. The Kier molecular flexibility index (Phi) is 6.22. The monoisotopic (exact) mass is 478 g/mol. The molecule has 0 unspecified atom stereocenters. The molecule has 174 valence electrons. The minimum atomic E-state index is -8.73. The lowest BCUT2D eigenvalue weighted by atomic mass is 9.89. The van der Waals surface area contributed by atoms with Crippen molar-refractivity contribution in [3.05, 3.63) is 0 Å². The lowest BCUT2D eigenvalue weighted by Gasteiger charge is -2.42. The van der Waals surface area contributed by atoms with Gasteiger partial charge in [-0.05, 0) is 0 Å². The molecule has 0 aromatic heterocycles. The molecule has 0 heterocycles. The van der Waals surface area contributed by atoms with E-state index in [0.29, 0.717) is 0 Å². The Bertz CT molecular complexity index is 635. The van der Waals surface area contributed by atoms with Gasteiger partial charge in [0.25, 0.3) is 0 Å². The first-order valence-corrected chi connectivity index (χ1v) is 5.96. The second kappa shape index (κ2) is 6.62. The number of rotatable bonds is 7. The fraction of sp³-hybridized carbons (Fsp3) is 0.889. The molecule has 0 spiro atoms. The standard InChI is InChI=1S/C9H3F17N2O/c10-2(11,1(29)28-27)3(12,13)4(14,15)5(16,17)6(18,19)7(20,21)8(22,23)9(24,25)26/h27H2,(H,28,29). The Morgan fingerprint density at radius 3 is 0.966 bits per heavy atom. The molecule has 0 rings (SSSR count). The van der Waals surface area contributed by atoms with E-state index in [0.717, 1.165) is 0 Å². The van der Waals surface area contributed by atoms with E-state index in [1.54, 1.807) is 0 Å². The van der Waals surface area contributed by atoms with Gasteiger partial charge in [0, 0.05) is 0 Å². The summed E-state index contributed by atoms with van der Waals surface area (Å²) in [6.07, 6.45) is -7.82. The van der Waals surface area contributed by atoms with Gasteiger partial charge in [-0.25, -0.2) is 5.84 Å². The second-order valence-corrected chi connectivity index (χ2v) is 4.99. The molecular weight excluding hydrogens is 475 g/mol. The third-order valence-corrected chi connectivity index (χ3v) is 3.14. The molecule has 3 nitrogen and oxygen atoms in total. The molecule has 0 bridgehead atoms. The first-order chi connectivity index (χ1) is 12.2. The average Bonchev–Trinajstić information content (AvgIpc) is 2.51. The van der Waals surface area contributed by atoms with Crippen LogP contribution in [0.15, 0.2) is 0 Å². The van der Waals surface area contributed by atoms with Gasteiger partial charge in [-0.1, -0.05) is 0 Å². The normalized spacial score (nSPS) is 16.1. The van der Waals surface area contributed by atoms with Crippen LogP contribution < -0.4 is 11.3 Å². The highest BCUT2D eigenvalue weighted by molar-refractivity contribution is 5.84. The van der Waals surface area contributed by atoms with Gasteiger partial charge in [-0.15, -0.1) is 0 Å². The van der Waals surface area contributed by atoms with Crippen molar-refractivity contribution in [1.29, 1.82) is 0 Å². The van der Waals surface area contributed by atoms with Crippen LogP contribution in [0.4, 0.5) is 74.6 Å². The maximum Gasteiger partial charge on any atom is 0.460 e. The first kappa shape index (κ1) is 27.2. The Hall–Kier alpha value is -1.76. The van der Waals surface area contributed by atoms with Crippen LogP contribution >= 0.6 is 0 Å². The van der Waals surface area contributed by atoms with Crippen molar-refractivity contribution in [2.24, 2.45) is 5.84 Å². The van der Waals surface area contributed by atoms with Gasteiger partial charge >= 0.3 is 53.5 Å². The Morgan fingerprint density at radius 1 is 0.483 bits per heavy atom. The van der Waals surface area contributed by atoms with E-state index in [2.05, 4.69) is 5.84 Å². The highest BCUT2D eigenvalue weighted by Crippen LogP contribution is 2.63. The molecule has 0 radical (unpaired) electrons. The fourth-order valence-electron chi connectivity index (χ4n) is 1.40. The van der Waals surface area contributed by atoms with Crippen LogP contribution in [0.2, 0.25) is 0 Å². The smallest absolute Gasteiger partial charge is 0.289 e. The summed E-state index contributed by atoms with van der Waals surface area (Å²) in [4.78, 5) is 10.3. The van der Waals surface area contributed by atoms with Gasteiger partial charge in [0.05, 0.1) is 0 Å². The van der Waals surface area contributed by atoms with Gasteiger partial charge in [0.2, 0.25) is 0 Å². The van der Waals surface area contributed by atoms with Gasteiger partial charge < -0.3 is 0 Å². The van der Waals surface area contributed by atoms with Crippen molar-refractivity contribution in [2.45, 2.75) is 47.6 Å². The molecule has 0 saturated heterocycles. The summed E-state index contributed by atoms with van der Waals surface area (Å²) in [5.41, 5.74) is -0.00354. The summed E-state index contributed by atoms with van der Waals surface area (Å²) >= 11 is 0. The maximum absolute atomic E-state index is 13.1. The molecule has 0 aliphatic heterocycles. The number of hydrogen-bond donors (Lipinski definition) is 2. The van der Waals surface area contributed by atoms with Crippen LogP contribution in [-0.2, 0) is 4.79 Å². The summed E-state index contributed by atoms with van der Waals surface area (Å²) in [5, 5.41) is 0. The molecule has 0 fully saturated rings. The zero-order chi connectivity index (χ0) is 24.3. The topological polar surface area (TPSA) is 55.1 Å². The number of amides is 1. The van der Waals surface area contributed by atoms with Crippen LogP contribution in [0, 0.1) is 0 Å². The number of alkyl halides is 17. The van der Waals surface area contributed by atoms with E-state index in [9.17, 15) is 79.4 Å². The van der Waals surface area contributed by atoms with Crippen molar-refractivity contribution in [2.75, 3.05) is 0 Å². The van der Waals surface area contributed by atoms with Crippen molar-refractivity contribution >= 4 is 5.91 Å². The summed E-state index contributed by atoms with van der Waals surface area (Å²) in [5.74, 6) is -58.0. The number of carbonyl (C=O) groups excluding carboxylic acids is 1. The van der Waals surface area contributed by atoms with E-state index in [-0.39, 0.29) is 5.43 Å². The average molecular weight is 478 g/mol.